The number of anilines is 1. The van der Waals surface area contributed by atoms with Crippen molar-refractivity contribution >= 4 is 17.7 Å². The van der Waals surface area contributed by atoms with Gasteiger partial charge in [-0.1, -0.05) is 91.0 Å². The normalized spacial score (nSPS) is 19.7. The summed E-state index contributed by atoms with van der Waals surface area (Å²) in [6.07, 6.45) is -1.32. The smallest absolute Gasteiger partial charge is 0.351 e. The number of ether oxygens (including phenoxy) is 6. The zero-order valence-electron chi connectivity index (χ0n) is 32.1. The van der Waals surface area contributed by atoms with Crippen molar-refractivity contribution in [3.63, 3.8) is 0 Å². The minimum absolute atomic E-state index is 0.0105. The van der Waals surface area contributed by atoms with Crippen LogP contribution in [0.2, 0.25) is 0 Å². The van der Waals surface area contributed by atoms with Crippen LogP contribution in [-0.2, 0) is 24.5 Å². The lowest BCUT2D eigenvalue weighted by molar-refractivity contribution is -0.192. The summed E-state index contributed by atoms with van der Waals surface area (Å²) >= 11 is 0. The molecule has 2 aliphatic rings. The first-order valence-electron chi connectivity index (χ1n) is 18.7. The maximum Gasteiger partial charge on any atom is 0.351 e. The van der Waals surface area contributed by atoms with E-state index < -0.39 is 47.2 Å². The van der Waals surface area contributed by atoms with Crippen LogP contribution >= 0.6 is 0 Å². The topological polar surface area (TPSA) is 136 Å². The number of hydrogen-bond donors (Lipinski definition) is 1. The number of aromatic nitrogens is 2. The van der Waals surface area contributed by atoms with Gasteiger partial charge >= 0.3 is 11.7 Å². The molecule has 5 aromatic carbocycles. The minimum atomic E-state index is -1.40. The molecule has 3 heterocycles. The SMILES string of the molecule is COc1ccc(C(O[C@H]2[C@H]3OC[C@]2(COC(=O)c2ccccc2)O[C@H]3n2cc(C)c(NC(=O)c3ccccc3)nc2=O)(c2ccccc2)c2ccc(OC)cc2)cc1. The summed E-state index contributed by atoms with van der Waals surface area (Å²) in [7, 11) is 3.21. The van der Waals surface area contributed by atoms with E-state index in [2.05, 4.69) is 10.3 Å². The number of aryl methyl sites for hydroxylation is 1. The molecular weight excluding hydrogens is 739 g/mol. The van der Waals surface area contributed by atoms with Gasteiger partial charge in [0.05, 0.1) is 26.4 Å². The van der Waals surface area contributed by atoms with Crippen molar-refractivity contribution in [1.29, 1.82) is 0 Å². The highest BCUT2D eigenvalue weighted by molar-refractivity contribution is 6.04. The Kier molecular flexibility index (Phi) is 10.6. The molecule has 1 aromatic heterocycles. The van der Waals surface area contributed by atoms with Gasteiger partial charge in [-0.3, -0.25) is 9.36 Å². The number of nitrogens with zero attached hydrogens (tertiary/aromatic N) is 2. The summed E-state index contributed by atoms with van der Waals surface area (Å²) in [5, 5.41) is 2.75. The second-order valence-corrected chi connectivity index (χ2v) is 14.1. The van der Waals surface area contributed by atoms with E-state index in [1.54, 1.807) is 75.9 Å². The molecule has 1 N–H and O–H groups in total. The molecule has 2 saturated heterocycles. The van der Waals surface area contributed by atoms with E-state index in [1.165, 1.54) is 4.57 Å². The van der Waals surface area contributed by atoms with Gasteiger partial charge in [-0.25, -0.2) is 9.59 Å². The van der Waals surface area contributed by atoms with Crippen molar-refractivity contribution in [2.45, 2.75) is 36.6 Å². The molecule has 58 heavy (non-hydrogen) atoms. The van der Waals surface area contributed by atoms with Crippen LogP contribution in [0.1, 0.15) is 49.2 Å². The molecule has 0 spiro atoms. The number of methoxy groups -OCH3 is 2. The van der Waals surface area contributed by atoms with Gasteiger partial charge in [0.2, 0.25) is 0 Å². The summed E-state index contributed by atoms with van der Waals surface area (Å²) in [6.45, 7) is 1.46. The van der Waals surface area contributed by atoms with E-state index in [4.69, 9.17) is 28.4 Å². The largest absolute Gasteiger partial charge is 0.497 e. The summed E-state index contributed by atoms with van der Waals surface area (Å²) in [4.78, 5) is 44.7. The highest BCUT2D eigenvalue weighted by atomic mass is 16.7. The van der Waals surface area contributed by atoms with Gasteiger partial charge < -0.3 is 33.7 Å². The number of rotatable bonds is 13. The lowest BCUT2D eigenvalue weighted by Crippen LogP contribution is -2.50. The lowest BCUT2D eigenvalue weighted by Gasteiger charge is -2.40. The van der Waals surface area contributed by atoms with Crippen LogP contribution in [0, 0.1) is 6.92 Å². The number of carbonyl (C=O) groups is 2. The third-order valence-corrected chi connectivity index (χ3v) is 10.6. The van der Waals surface area contributed by atoms with Crippen molar-refractivity contribution in [3.05, 3.63) is 190 Å². The van der Waals surface area contributed by atoms with Crippen LogP contribution in [0.3, 0.4) is 0 Å². The molecular formula is C46H41N3O9. The predicted molar refractivity (Wildman–Crippen MR) is 214 cm³/mol. The van der Waals surface area contributed by atoms with E-state index >= 15 is 0 Å². The molecule has 0 radical (unpaired) electrons. The first-order valence-corrected chi connectivity index (χ1v) is 18.7. The van der Waals surface area contributed by atoms with Crippen LogP contribution in [0.25, 0.3) is 0 Å². The van der Waals surface area contributed by atoms with Crippen LogP contribution < -0.4 is 20.5 Å². The number of carbonyl (C=O) groups excluding carboxylic acids is 2. The highest BCUT2D eigenvalue weighted by Crippen LogP contribution is 2.52. The zero-order chi connectivity index (χ0) is 40.3. The molecule has 0 aliphatic carbocycles. The lowest BCUT2D eigenvalue weighted by atomic mass is 9.79. The molecule has 6 aromatic rings. The summed E-state index contributed by atoms with van der Waals surface area (Å²) in [6, 6.07) is 42.3. The summed E-state index contributed by atoms with van der Waals surface area (Å²) in [5.41, 5.74) is 0.200. The number of hydrogen-bond acceptors (Lipinski definition) is 10. The Balaban J connectivity index is 1.23. The first-order chi connectivity index (χ1) is 28.2. The van der Waals surface area contributed by atoms with Gasteiger partial charge in [0.15, 0.2) is 11.8 Å². The zero-order valence-corrected chi connectivity index (χ0v) is 32.1. The molecule has 2 fully saturated rings. The Morgan fingerprint density at radius 1 is 0.776 bits per heavy atom. The molecule has 0 unspecified atom stereocenters. The van der Waals surface area contributed by atoms with E-state index in [0.29, 0.717) is 28.2 Å². The Morgan fingerprint density at radius 2 is 1.31 bits per heavy atom. The number of fused-ring (bicyclic) bond motifs is 2. The fourth-order valence-electron chi connectivity index (χ4n) is 7.60. The molecule has 12 nitrogen and oxygen atoms in total. The number of esters is 1. The number of amides is 1. The molecule has 0 saturated carbocycles. The summed E-state index contributed by atoms with van der Waals surface area (Å²) < 4.78 is 39.3. The van der Waals surface area contributed by atoms with Crippen LogP contribution in [0.4, 0.5) is 5.82 Å². The maximum atomic E-state index is 13.9. The van der Waals surface area contributed by atoms with Gasteiger partial charge in [0, 0.05) is 17.3 Å². The first kappa shape index (κ1) is 38.3. The third kappa shape index (κ3) is 7.13. The van der Waals surface area contributed by atoms with E-state index in [0.717, 1.165) is 16.7 Å². The number of nitrogens with one attached hydrogen (secondary N) is 1. The van der Waals surface area contributed by atoms with Crippen molar-refractivity contribution in [2.75, 3.05) is 32.8 Å². The average molecular weight is 780 g/mol. The fourth-order valence-corrected chi connectivity index (χ4v) is 7.60. The standard InChI is InChI=1S/C46H41N3O9/c1-30-27-49(44(52)48-40(30)47-41(50)31-13-7-4-8-14-31)42-38-39(45(58-42,28-55-38)29-56-43(51)32-15-9-5-10-16-32)57-46(33-17-11-6-12-18-33,34-19-23-36(53-2)24-20-34)35-21-25-37(54-3)26-22-35/h4-27,38-39,42H,28-29H2,1-3H3,(H,47,48,50,52)/t38-,39+,42-,45-/m1/s1. The van der Waals surface area contributed by atoms with Crippen LogP contribution in [0.15, 0.2) is 151 Å². The van der Waals surface area contributed by atoms with Gasteiger partial charge in [-0.2, -0.15) is 4.98 Å². The molecule has 2 aliphatic heterocycles. The Labute approximate surface area is 334 Å². The molecule has 4 atom stereocenters. The molecule has 8 rings (SSSR count). The van der Waals surface area contributed by atoms with Gasteiger partial charge in [-0.15, -0.1) is 0 Å². The monoisotopic (exact) mass is 779 g/mol. The van der Waals surface area contributed by atoms with Crippen molar-refractivity contribution < 1.29 is 38.0 Å². The van der Waals surface area contributed by atoms with E-state index in [-0.39, 0.29) is 19.0 Å². The molecule has 1 amide bonds. The second-order valence-electron chi connectivity index (χ2n) is 14.1. The van der Waals surface area contributed by atoms with Gasteiger partial charge in [0.1, 0.15) is 41.7 Å². The van der Waals surface area contributed by atoms with Crippen molar-refractivity contribution in [3.8, 4) is 11.5 Å². The average Bonchev–Trinajstić information content (AvgIpc) is 3.77. The Bertz CT molecular complexity index is 2400. The Hall–Kier alpha value is -6.60. The third-order valence-electron chi connectivity index (χ3n) is 10.6. The maximum absolute atomic E-state index is 13.9. The summed E-state index contributed by atoms with van der Waals surface area (Å²) in [5.74, 6) is 0.457. The highest BCUT2D eigenvalue weighted by Gasteiger charge is 2.66. The van der Waals surface area contributed by atoms with Gasteiger partial charge in [-0.05, 0) is 72.1 Å². The molecule has 2 bridgehead atoms. The fraction of sp³-hybridized carbons (Fsp3) is 0.217. The predicted octanol–water partition coefficient (Wildman–Crippen LogP) is 6.72. The van der Waals surface area contributed by atoms with Gasteiger partial charge in [0.25, 0.3) is 5.91 Å². The van der Waals surface area contributed by atoms with Crippen LogP contribution in [-0.4, -0.2) is 66.7 Å². The second kappa shape index (κ2) is 16.1. The molecule has 294 valence electrons. The van der Waals surface area contributed by atoms with Crippen molar-refractivity contribution in [2.24, 2.45) is 0 Å². The molecule has 12 heteroatoms. The Morgan fingerprint density at radius 3 is 1.88 bits per heavy atom. The van der Waals surface area contributed by atoms with Crippen LogP contribution in [0.5, 0.6) is 11.5 Å². The quantitative estimate of drug-likeness (QED) is 0.0994. The minimum Gasteiger partial charge on any atom is -0.497 e. The van der Waals surface area contributed by atoms with Crippen molar-refractivity contribution in [1.82, 2.24) is 9.55 Å². The van der Waals surface area contributed by atoms with E-state index in [1.807, 2.05) is 91.0 Å². The number of benzene rings is 5. The van der Waals surface area contributed by atoms with E-state index in [9.17, 15) is 14.4 Å².